The first-order chi connectivity index (χ1) is 12.3. The summed E-state index contributed by atoms with van der Waals surface area (Å²) >= 11 is 0. The highest BCUT2D eigenvalue weighted by atomic mass is 35.5. The molecular formula is C20H29Cl2N3O2. The molecule has 0 radical (unpaired) electrons. The van der Waals surface area contributed by atoms with E-state index in [1.165, 1.54) is 0 Å². The molecule has 0 bridgehead atoms. The number of rotatable bonds is 7. The van der Waals surface area contributed by atoms with Crippen LogP contribution >= 0.6 is 24.8 Å². The Morgan fingerprint density at radius 2 is 1.93 bits per heavy atom. The standard InChI is InChI=1S/C20H27N3O2.2ClH/c1-2-14-23(17-10-12-21-13-11-17)20(24)9-8-19-22-15-18(25-19)16-6-4-3-5-7-16;;/h3-7,15,17,21H,2,8-14H2,1H3;2*1H. The predicted octanol–water partition coefficient (Wildman–Crippen LogP) is 4.11. The highest BCUT2D eigenvalue weighted by Gasteiger charge is 2.24. The molecule has 1 amide bonds. The van der Waals surface area contributed by atoms with Crippen molar-refractivity contribution in [3.05, 3.63) is 42.4 Å². The van der Waals surface area contributed by atoms with Gasteiger partial charge in [-0.15, -0.1) is 24.8 Å². The summed E-state index contributed by atoms with van der Waals surface area (Å²) in [4.78, 5) is 19.1. The third-order valence-electron chi connectivity index (χ3n) is 4.70. The normalized spacial score (nSPS) is 14.1. The van der Waals surface area contributed by atoms with Crippen LogP contribution in [0.5, 0.6) is 0 Å². The lowest BCUT2D eigenvalue weighted by Gasteiger charge is -2.34. The molecule has 27 heavy (non-hydrogen) atoms. The molecule has 1 aromatic carbocycles. The van der Waals surface area contributed by atoms with Crippen LogP contribution in [0.1, 0.15) is 38.5 Å². The number of piperidine rings is 1. The van der Waals surface area contributed by atoms with Gasteiger partial charge in [0.25, 0.3) is 0 Å². The van der Waals surface area contributed by atoms with Crippen LogP contribution in [0.4, 0.5) is 0 Å². The second-order valence-corrected chi connectivity index (χ2v) is 6.55. The Kier molecular flexibility index (Phi) is 10.4. The maximum absolute atomic E-state index is 12.7. The third-order valence-corrected chi connectivity index (χ3v) is 4.70. The molecule has 1 saturated heterocycles. The van der Waals surface area contributed by atoms with Gasteiger partial charge in [-0.25, -0.2) is 4.98 Å². The summed E-state index contributed by atoms with van der Waals surface area (Å²) in [5.41, 5.74) is 1.01. The van der Waals surface area contributed by atoms with Gasteiger partial charge in [0.2, 0.25) is 5.91 Å². The zero-order valence-electron chi connectivity index (χ0n) is 15.7. The zero-order valence-corrected chi connectivity index (χ0v) is 17.4. The van der Waals surface area contributed by atoms with E-state index in [9.17, 15) is 4.79 Å². The van der Waals surface area contributed by atoms with Crippen LogP contribution in [0.15, 0.2) is 40.9 Å². The second kappa shape index (κ2) is 12.0. The highest BCUT2D eigenvalue weighted by molar-refractivity contribution is 5.85. The van der Waals surface area contributed by atoms with Gasteiger partial charge in [-0.05, 0) is 32.4 Å². The Morgan fingerprint density at radius 1 is 1.22 bits per heavy atom. The molecule has 1 aliphatic rings. The summed E-state index contributed by atoms with van der Waals surface area (Å²) < 4.78 is 5.81. The number of amides is 1. The average Bonchev–Trinajstić information content (AvgIpc) is 3.15. The van der Waals surface area contributed by atoms with Crippen molar-refractivity contribution in [3.63, 3.8) is 0 Å². The van der Waals surface area contributed by atoms with Gasteiger partial charge < -0.3 is 14.6 Å². The minimum Gasteiger partial charge on any atom is -0.441 e. The molecule has 2 heterocycles. The number of halogens is 2. The molecule has 0 atom stereocenters. The largest absolute Gasteiger partial charge is 0.441 e. The summed E-state index contributed by atoms with van der Waals surface area (Å²) in [5, 5.41) is 3.36. The van der Waals surface area contributed by atoms with E-state index >= 15 is 0 Å². The van der Waals surface area contributed by atoms with E-state index in [-0.39, 0.29) is 30.7 Å². The molecule has 7 heteroatoms. The fourth-order valence-corrected chi connectivity index (χ4v) is 3.39. The van der Waals surface area contributed by atoms with Gasteiger partial charge in [-0.3, -0.25) is 4.79 Å². The molecule has 1 fully saturated rings. The lowest BCUT2D eigenvalue weighted by molar-refractivity contribution is -0.134. The Balaban J connectivity index is 0.00000182. The van der Waals surface area contributed by atoms with Crippen molar-refractivity contribution in [2.24, 2.45) is 0 Å². The topological polar surface area (TPSA) is 58.4 Å². The number of aromatic nitrogens is 1. The van der Waals surface area contributed by atoms with Crippen molar-refractivity contribution in [2.75, 3.05) is 19.6 Å². The number of carbonyl (C=O) groups excluding carboxylic acids is 1. The van der Waals surface area contributed by atoms with E-state index < -0.39 is 0 Å². The molecule has 5 nitrogen and oxygen atoms in total. The van der Waals surface area contributed by atoms with E-state index in [2.05, 4.69) is 22.1 Å². The quantitative estimate of drug-likeness (QED) is 0.741. The Labute approximate surface area is 173 Å². The van der Waals surface area contributed by atoms with Gasteiger partial charge in [0.05, 0.1) is 6.20 Å². The molecule has 2 aromatic rings. The van der Waals surface area contributed by atoms with Crippen molar-refractivity contribution >= 4 is 30.7 Å². The number of hydrogen-bond acceptors (Lipinski definition) is 4. The lowest BCUT2D eigenvalue weighted by Crippen LogP contribution is -2.46. The van der Waals surface area contributed by atoms with Crippen molar-refractivity contribution in [2.45, 2.75) is 45.1 Å². The van der Waals surface area contributed by atoms with Crippen LogP contribution < -0.4 is 5.32 Å². The summed E-state index contributed by atoms with van der Waals surface area (Å²) in [6, 6.07) is 10.3. The third kappa shape index (κ3) is 6.52. The van der Waals surface area contributed by atoms with Crippen LogP contribution in [0.25, 0.3) is 11.3 Å². The fourth-order valence-electron chi connectivity index (χ4n) is 3.39. The second-order valence-electron chi connectivity index (χ2n) is 6.55. The first-order valence-electron chi connectivity index (χ1n) is 9.28. The minimum absolute atomic E-state index is 0. The van der Waals surface area contributed by atoms with Crippen LogP contribution in [0.2, 0.25) is 0 Å². The van der Waals surface area contributed by atoms with Gasteiger partial charge in [0.15, 0.2) is 11.7 Å². The molecule has 3 rings (SSSR count). The molecule has 0 unspecified atom stereocenters. The molecule has 0 spiro atoms. The molecule has 1 aliphatic heterocycles. The minimum atomic E-state index is 0. The predicted molar refractivity (Wildman–Crippen MR) is 113 cm³/mol. The van der Waals surface area contributed by atoms with Crippen molar-refractivity contribution in [3.8, 4) is 11.3 Å². The summed E-state index contributed by atoms with van der Waals surface area (Å²) in [6.45, 7) is 4.96. The number of nitrogens with zero attached hydrogens (tertiary/aromatic N) is 2. The first kappa shape index (κ1) is 23.5. The summed E-state index contributed by atoms with van der Waals surface area (Å²) in [5.74, 6) is 1.61. The van der Waals surface area contributed by atoms with Crippen LogP contribution in [0.3, 0.4) is 0 Å². The monoisotopic (exact) mass is 413 g/mol. The Hall–Kier alpha value is -1.56. The maximum Gasteiger partial charge on any atom is 0.223 e. The van der Waals surface area contributed by atoms with Crippen LogP contribution in [-0.4, -0.2) is 41.5 Å². The lowest BCUT2D eigenvalue weighted by atomic mass is 10.0. The SMILES string of the molecule is CCCN(C(=O)CCc1ncc(-c2ccccc2)o1)C1CCNCC1.Cl.Cl. The van der Waals surface area contributed by atoms with E-state index in [0.717, 1.165) is 50.2 Å². The number of hydrogen-bond donors (Lipinski definition) is 1. The maximum atomic E-state index is 12.7. The number of aryl methyl sites for hydroxylation is 1. The van der Waals surface area contributed by atoms with E-state index in [1.54, 1.807) is 6.20 Å². The van der Waals surface area contributed by atoms with Gasteiger partial charge in [-0.1, -0.05) is 37.3 Å². The number of carbonyl (C=O) groups is 1. The summed E-state index contributed by atoms with van der Waals surface area (Å²) in [7, 11) is 0. The Morgan fingerprint density at radius 3 is 2.59 bits per heavy atom. The van der Waals surface area contributed by atoms with Crippen LogP contribution in [0, 0.1) is 0 Å². The van der Waals surface area contributed by atoms with Crippen LogP contribution in [-0.2, 0) is 11.2 Å². The van der Waals surface area contributed by atoms with Crippen molar-refractivity contribution < 1.29 is 9.21 Å². The van der Waals surface area contributed by atoms with E-state index in [4.69, 9.17) is 4.42 Å². The number of oxazole rings is 1. The number of nitrogens with one attached hydrogen (secondary N) is 1. The van der Waals surface area contributed by atoms with Gasteiger partial charge in [-0.2, -0.15) is 0 Å². The highest BCUT2D eigenvalue weighted by Crippen LogP contribution is 2.21. The molecule has 1 N–H and O–H groups in total. The van der Waals surface area contributed by atoms with Crippen molar-refractivity contribution in [1.82, 2.24) is 15.2 Å². The average molecular weight is 414 g/mol. The molecule has 1 aromatic heterocycles. The zero-order chi connectivity index (χ0) is 17.5. The smallest absolute Gasteiger partial charge is 0.223 e. The Bertz CT molecular complexity index is 673. The molecule has 0 saturated carbocycles. The fraction of sp³-hybridized carbons (Fsp3) is 0.500. The first-order valence-corrected chi connectivity index (χ1v) is 9.28. The molecular weight excluding hydrogens is 385 g/mol. The number of benzene rings is 1. The van der Waals surface area contributed by atoms with E-state index in [0.29, 0.717) is 24.8 Å². The molecule has 0 aliphatic carbocycles. The van der Waals surface area contributed by atoms with Gasteiger partial charge in [0, 0.05) is 31.0 Å². The van der Waals surface area contributed by atoms with Gasteiger partial charge >= 0.3 is 0 Å². The van der Waals surface area contributed by atoms with E-state index in [1.807, 2.05) is 30.3 Å². The summed E-state index contributed by atoms with van der Waals surface area (Å²) in [6.07, 6.45) is 5.83. The molecule has 150 valence electrons. The van der Waals surface area contributed by atoms with Crippen molar-refractivity contribution in [1.29, 1.82) is 0 Å². The van der Waals surface area contributed by atoms with Gasteiger partial charge in [0.1, 0.15) is 0 Å².